The van der Waals surface area contributed by atoms with Crippen LogP contribution >= 0.6 is 0 Å². The van der Waals surface area contributed by atoms with Gasteiger partial charge in [-0.05, 0) is 17.5 Å². The van der Waals surface area contributed by atoms with E-state index in [0.29, 0.717) is 6.61 Å². The van der Waals surface area contributed by atoms with Crippen LogP contribution in [0, 0.1) is 11.8 Å². The molecule has 28 heavy (non-hydrogen) atoms. The van der Waals surface area contributed by atoms with Crippen molar-refractivity contribution in [3.05, 3.63) is 71.8 Å². The van der Waals surface area contributed by atoms with E-state index in [9.17, 15) is 14.7 Å². The first-order valence-electron chi connectivity index (χ1n) is 10.1. The van der Waals surface area contributed by atoms with Gasteiger partial charge in [0.15, 0.2) is 0 Å². The van der Waals surface area contributed by atoms with Gasteiger partial charge >= 0.3 is 5.97 Å². The second-order valence-corrected chi connectivity index (χ2v) is 7.47. The lowest BCUT2D eigenvalue weighted by molar-refractivity contribution is -0.317. The minimum Gasteiger partial charge on any atom is -0.550 e. The molecule has 1 aliphatic rings. The molecule has 0 radical (unpaired) electrons. The van der Waals surface area contributed by atoms with Gasteiger partial charge in [-0.2, -0.15) is 0 Å². The van der Waals surface area contributed by atoms with E-state index in [0.717, 1.165) is 36.8 Å². The van der Waals surface area contributed by atoms with Gasteiger partial charge in [-0.3, -0.25) is 4.79 Å². The van der Waals surface area contributed by atoms with Crippen molar-refractivity contribution >= 4 is 11.9 Å². The zero-order chi connectivity index (χ0) is 19.9. The van der Waals surface area contributed by atoms with E-state index in [1.54, 1.807) is 0 Å². The Hall–Kier alpha value is -2.62. The van der Waals surface area contributed by atoms with Gasteiger partial charge in [0.05, 0.1) is 12.5 Å². The molecule has 4 heteroatoms. The average Bonchev–Trinajstić information content (AvgIpc) is 2.68. The van der Waals surface area contributed by atoms with Crippen LogP contribution in [0.2, 0.25) is 0 Å². The van der Waals surface area contributed by atoms with Gasteiger partial charge in [-0.1, -0.05) is 86.8 Å². The number of ether oxygens (including phenoxy) is 1. The van der Waals surface area contributed by atoms with Crippen LogP contribution in [0.25, 0.3) is 0 Å². The minimum absolute atomic E-state index is 0.309. The molecule has 2 atom stereocenters. The van der Waals surface area contributed by atoms with Crippen LogP contribution in [-0.2, 0) is 14.3 Å². The Labute approximate surface area is 166 Å². The lowest BCUT2D eigenvalue weighted by atomic mass is 9.52. The Morgan fingerprint density at radius 3 is 1.82 bits per heavy atom. The van der Waals surface area contributed by atoms with Crippen molar-refractivity contribution in [3.8, 4) is 0 Å². The van der Waals surface area contributed by atoms with Crippen LogP contribution in [0.3, 0.4) is 0 Å². The molecular weight excluding hydrogens is 352 g/mol. The fourth-order valence-electron chi connectivity index (χ4n) is 4.31. The van der Waals surface area contributed by atoms with Crippen LogP contribution in [0.15, 0.2) is 60.7 Å². The topological polar surface area (TPSA) is 66.4 Å². The van der Waals surface area contributed by atoms with Crippen LogP contribution < -0.4 is 5.11 Å². The summed E-state index contributed by atoms with van der Waals surface area (Å²) in [5, 5.41) is 12.0. The molecule has 0 spiro atoms. The summed E-state index contributed by atoms with van der Waals surface area (Å²) in [6.45, 7) is 2.52. The minimum atomic E-state index is -1.12. The van der Waals surface area contributed by atoms with Crippen molar-refractivity contribution in [1.82, 2.24) is 0 Å². The molecule has 2 aromatic carbocycles. The Balaban J connectivity index is 1.84. The number of benzene rings is 2. The summed E-state index contributed by atoms with van der Waals surface area (Å²) < 4.78 is 5.57. The molecule has 0 aromatic heterocycles. The first-order chi connectivity index (χ1) is 13.6. The maximum Gasteiger partial charge on any atom is 0.310 e. The third kappa shape index (κ3) is 4.27. The molecule has 0 heterocycles. The van der Waals surface area contributed by atoms with Gasteiger partial charge in [-0.15, -0.1) is 0 Å². The molecule has 0 bridgehead atoms. The molecule has 1 saturated carbocycles. The summed E-state index contributed by atoms with van der Waals surface area (Å²) >= 11 is 0. The Kier molecular flexibility index (Phi) is 6.85. The van der Waals surface area contributed by atoms with Gasteiger partial charge in [0, 0.05) is 23.7 Å². The number of unbranched alkanes of at least 4 members (excludes halogenated alkanes) is 3. The fraction of sp³-hybridized carbons (Fsp3) is 0.417. The largest absolute Gasteiger partial charge is 0.550 e. The van der Waals surface area contributed by atoms with Crippen molar-refractivity contribution in [3.63, 3.8) is 0 Å². The van der Waals surface area contributed by atoms with Crippen LogP contribution in [-0.4, -0.2) is 18.5 Å². The van der Waals surface area contributed by atoms with Gasteiger partial charge in [0.1, 0.15) is 0 Å². The smallest absolute Gasteiger partial charge is 0.310 e. The third-order valence-corrected chi connectivity index (χ3v) is 5.70. The van der Waals surface area contributed by atoms with Crippen molar-refractivity contribution in [2.24, 2.45) is 11.8 Å². The Morgan fingerprint density at radius 2 is 1.36 bits per heavy atom. The average molecular weight is 379 g/mol. The van der Waals surface area contributed by atoms with Crippen molar-refractivity contribution < 1.29 is 19.4 Å². The summed E-state index contributed by atoms with van der Waals surface area (Å²) in [4.78, 5) is 24.9. The van der Waals surface area contributed by atoms with E-state index in [4.69, 9.17) is 4.74 Å². The highest BCUT2D eigenvalue weighted by Crippen LogP contribution is 2.57. The van der Waals surface area contributed by atoms with E-state index < -0.39 is 29.6 Å². The van der Waals surface area contributed by atoms with E-state index in [1.165, 1.54) is 0 Å². The van der Waals surface area contributed by atoms with Crippen LogP contribution in [0.4, 0.5) is 0 Å². The number of carboxylic acid groups (broad SMARTS) is 1. The maximum atomic E-state index is 13.0. The number of hydrogen-bond acceptors (Lipinski definition) is 4. The quantitative estimate of drug-likeness (QED) is 0.492. The highest BCUT2D eigenvalue weighted by molar-refractivity contribution is 5.83. The molecule has 3 rings (SSSR count). The van der Waals surface area contributed by atoms with Gasteiger partial charge in [-0.25, -0.2) is 0 Å². The lowest BCUT2D eigenvalue weighted by Gasteiger charge is -2.51. The first-order valence-corrected chi connectivity index (χ1v) is 10.1. The van der Waals surface area contributed by atoms with Crippen LogP contribution in [0.5, 0.6) is 0 Å². The maximum absolute atomic E-state index is 13.0. The Morgan fingerprint density at radius 1 is 0.821 bits per heavy atom. The molecular formula is C24H27O4-. The zero-order valence-electron chi connectivity index (χ0n) is 16.3. The fourth-order valence-corrected chi connectivity index (χ4v) is 4.31. The van der Waals surface area contributed by atoms with Gasteiger partial charge < -0.3 is 14.6 Å². The second kappa shape index (κ2) is 9.54. The molecule has 4 nitrogen and oxygen atoms in total. The number of carbonyl (C=O) groups is 2. The number of hydrogen-bond donors (Lipinski definition) is 0. The van der Waals surface area contributed by atoms with E-state index in [1.807, 2.05) is 60.7 Å². The summed E-state index contributed by atoms with van der Waals surface area (Å²) in [7, 11) is 0. The number of aliphatic carboxylic acids is 1. The summed E-state index contributed by atoms with van der Waals surface area (Å²) in [5.74, 6) is -3.55. The number of carboxylic acids is 1. The number of rotatable bonds is 9. The number of carbonyl (C=O) groups excluding carboxylic acids is 2. The molecule has 1 fully saturated rings. The molecule has 2 aromatic rings. The highest BCUT2D eigenvalue weighted by Gasteiger charge is 2.56. The van der Waals surface area contributed by atoms with Crippen molar-refractivity contribution in [2.75, 3.05) is 6.61 Å². The first kappa shape index (κ1) is 20.1. The molecule has 0 aliphatic heterocycles. The Bertz CT molecular complexity index is 724. The highest BCUT2D eigenvalue weighted by atomic mass is 16.5. The summed E-state index contributed by atoms with van der Waals surface area (Å²) in [6, 6.07) is 18.7. The van der Waals surface area contributed by atoms with E-state index in [-0.39, 0.29) is 5.97 Å². The molecule has 0 N–H and O–H groups in total. The molecule has 0 unspecified atom stereocenters. The standard InChI is InChI=1S/C24H28O4/c1-2-3-4-11-16-28-24(27)22-19(17-12-7-5-8-13-17)21(23(25)26)20(22)18-14-9-6-10-15-18/h5-10,12-15,19-22H,2-4,11,16H2,1H3,(H,25,26)/p-1/t19-,20-,21?,22?/m0/s1. The molecule has 0 amide bonds. The van der Waals surface area contributed by atoms with E-state index in [2.05, 4.69) is 6.92 Å². The number of esters is 1. The third-order valence-electron chi connectivity index (χ3n) is 5.70. The molecule has 148 valence electrons. The summed E-state index contributed by atoms with van der Waals surface area (Å²) in [6.07, 6.45) is 4.10. The van der Waals surface area contributed by atoms with Crippen LogP contribution in [0.1, 0.15) is 55.6 Å². The monoisotopic (exact) mass is 379 g/mol. The zero-order valence-corrected chi connectivity index (χ0v) is 16.3. The molecule has 1 aliphatic carbocycles. The van der Waals surface area contributed by atoms with Gasteiger partial charge in [0.25, 0.3) is 0 Å². The predicted octanol–water partition coefficient (Wildman–Crippen LogP) is 3.67. The predicted molar refractivity (Wildman–Crippen MR) is 105 cm³/mol. The summed E-state index contributed by atoms with van der Waals surface area (Å²) in [5.41, 5.74) is 1.69. The lowest BCUT2D eigenvalue weighted by Crippen LogP contribution is -2.55. The normalized spacial score (nSPS) is 23.6. The SMILES string of the molecule is CCCCCCOC(=O)C1[C@@H](c2ccccc2)C(C(=O)[O-])[C@@H]1c1ccccc1. The van der Waals surface area contributed by atoms with Crippen molar-refractivity contribution in [1.29, 1.82) is 0 Å². The second-order valence-electron chi connectivity index (χ2n) is 7.47. The van der Waals surface area contributed by atoms with Crippen molar-refractivity contribution in [2.45, 2.75) is 44.4 Å². The van der Waals surface area contributed by atoms with E-state index >= 15 is 0 Å². The van der Waals surface area contributed by atoms with Gasteiger partial charge in [0.2, 0.25) is 0 Å². The molecule has 0 saturated heterocycles.